The van der Waals surface area contributed by atoms with Crippen LogP contribution in [0.3, 0.4) is 0 Å². The molecule has 0 spiro atoms. The second-order valence-corrected chi connectivity index (χ2v) is 8.26. The largest absolute Gasteiger partial charge is 0.443 e. The van der Waals surface area contributed by atoms with E-state index < -0.39 is 5.60 Å². The van der Waals surface area contributed by atoms with Crippen LogP contribution in [-0.2, 0) is 9.53 Å². The lowest BCUT2D eigenvalue weighted by Crippen LogP contribution is -2.47. The Balaban J connectivity index is 1.80. The number of ether oxygens (including phenoxy) is 1. The molecule has 0 unspecified atom stereocenters. The zero-order valence-electron chi connectivity index (χ0n) is 16.2. The number of anilines is 1. The first-order valence-electron chi connectivity index (χ1n) is 9.51. The number of carbonyl (C=O) groups excluding carboxylic acids is 2. The van der Waals surface area contributed by atoms with Gasteiger partial charge in [-0.25, -0.2) is 9.78 Å². The number of carbonyl (C=O) groups is 2. The Kier molecular flexibility index (Phi) is 5.21. The third kappa shape index (κ3) is 4.00. The average molecular weight is 359 g/mol. The van der Waals surface area contributed by atoms with Gasteiger partial charge in [0.2, 0.25) is 5.91 Å². The van der Waals surface area contributed by atoms with Gasteiger partial charge in [0, 0.05) is 25.7 Å². The molecule has 0 radical (unpaired) electrons. The highest BCUT2D eigenvalue weighted by atomic mass is 16.6. The second kappa shape index (κ2) is 7.25. The number of nitrogens with zero attached hydrogens (tertiary/aromatic N) is 3. The summed E-state index contributed by atoms with van der Waals surface area (Å²) in [6, 6.07) is 4.12. The van der Waals surface area contributed by atoms with Gasteiger partial charge in [0.25, 0.3) is 0 Å². The third-order valence-electron chi connectivity index (χ3n) is 5.09. The van der Waals surface area contributed by atoms with Crippen molar-refractivity contribution in [2.24, 2.45) is 0 Å². The van der Waals surface area contributed by atoms with E-state index in [9.17, 15) is 9.59 Å². The van der Waals surface area contributed by atoms with E-state index in [0.29, 0.717) is 5.82 Å². The number of likely N-dealkylation sites (tertiary alicyclic amines) is 1. The molecule has 1 saturated carbocycles. The standard InChI is InChI=1S/C20H29N3O3/c1-14(24)22-12-6-9-17(22)15-10-11-18(21-13-15)23(16-7-5-8-16)19(25)26-20(2,3)4/h10-11,13,16-17H,5-9,12H2,1-4H3/t17-/m0/s1. The molecule has 2 fully saturated rings. The van der Waals surface area contributed by atoms with Crippen molar-refractivity contribution in [2.75, 3.05) is 11.4 Å². The number of amides is 2. The predicted molar refractivity (Wildman–Crippen MR) is 100.0 cm³/mol. The summed E-state index contributed by atoms with van der Waals surface area (Å²) < 4.78 is 5.58. The van der Waals surface area contributed by atoms with Crippen molar-refractivity contribution in [3.05, 3.63) is 23.9 Å². The third-order valence-corrected chi connectivity index (χ3v) is 5.09. The quantitative estimate of drug-likeness (QED) is 0.816. The lowest BCUT2D eigenvalue weighted by molar-refractivity contribution is -0.129. The molecule has 6 nitrogen and oxygen atoms in total. The van der Waals surface area contributed by atoms with Gasteiger partial charge in [-0.2, -0.15) is 0 Å². The van der Waals surface area contributed by atoms with E-state index in [4.69, 9.17) is 4.74 Å². The van der Waals surface area contributed by atoms with Crippen LogP contribution in [0, 0.1) is 0 Å². The van der Waals surface area contributed by atoms with Gasteiger partial charge >= 0.3 is 6.09 Å². The van der Waals surface area contributed by atoms with Crippen LogP contribution in [0.4, 0.5) is 10.6 Å². The van der Waals surface area contributed by atoms with Gasteiger partial charge in [0.1, 0.15) is 11.4 Å². The Hall–Kier alpha value is -2.11. The van der Waals surface area contributed by atoms with Gasteiger partial charge in [0.05, 0.1) is 6.04 Å². The van der Waals surface area contributed by atoms with E-state index in [1.807, 2.05) is 37.8 Å². The molecule has 1 atom stereocenters. The van der Waals surface area contributed by atoms with Gasteiger partial charge in [0.15, 0.2) is 0 Å². The maximum Gasteiger partial charge on any atom is 0.416 e. The van der Waals surface area contributed by atoms with E-state index >= 15 is 0 Å². The lowest BCUT2D eigenvalue weighted by atomic mass is 9.91. The molecule has 1 aliphatic heterocycles. The summed E-state index contributed by atoms with van der Waals surface area (Å²) in [6.07, 6.45) is 6.51. The van der Waals surface area contributed by atoms with Gasteiger partial charge in [-0.05, 0) is 64.5 Å². The summed E-state index contributed by atoms with van der Waals surface area (Å²) in [5.41, 5.74) is 0.490. The van der Waals surface area contributed by atoms with Gasteiger partial charge in [-0.15, -0.1) is 0 Å². The second-order valence-electron chi connectivity index (χ2n) is 8.26. The van der Waals surface area contributed by atoms with E-state index in [1.165, 1.54) is 0 Å². The highest BCUT2D eigenvalue weighted by Gasteiger charge is 2.34. The summed E-state index contributed by atoms with van der Waals surface area (Å²) in [4.78, 5) is 32.6. The first-order chi connectivity index (χ1) is 12.3. The molecule has 3 rings (SSSR count). The molecule has 1 aliphatic carbocycles. The van der Waals surface area contributed by atoms with Crippen molar-refractivity contribution >= 4 is 17.8 Å². The smallest absolute Gasteiger partial charge is 0.416 e. The Bertz CT molecular complexity index is 662. The zero-order valence-corrected chi connectivity index (χ0v) is 16.2. The molecule has 6 heteroatoms. The zero-order chi connectivity index (χ0) is 18.9. The normalized spacial score (nSPS) is 20.6. The van der Waals surface area contributed by atoms with Crippen LogP contribution in [-0.4, -0.2) is 40.1 Å². The Morgan fingerprint density at radius 1 is 1.19 bits per heavy atom. The van der Waals surface area contributed by atoms with Crippen LogP contribution in [0.15, 0.2) is 18.3 Å². The fraction of sp³-hybridized carbons (Fsp3) is 0.650. The Labute approximate surface area is 155 Å². The van der Waals surface area contributed by atoms with Crippen LogP contribution in [0.25, 0.3) is 0 Å². The number of hydrogen-bond acceptors (Lipinski definition) is 4. The van der Waals surface area contributed by atoms with E-state index in [2.05, 4.69) is 4.98 Å². The molecule has 2 amide bonds. The maximum absolute atomic E-state index is 12.7. The molecule has 0 aromatic carbocycles. The van der Waals surface area contributed by atoms with Crippen LogP contribution in [0.5, 0.6) is 0 Å². The highest BCUT2D eigenvalue weighted by Crippen LogP contribution is 2.34. The van der Waals surface area contributed by atoms with Gasteiger partial charge in [-0.1, -0.05) is 6.07 Å². The molecule has 142 valence electrons. The minimum atomic E-state index is -0.537. The van der Waals surface area contributed by atoms with Crippen molar-refractivity contribution in [3.8, 4) is 0 Å². The fourth-order valence-corrected chi connectivity index (χ4v) is 3.61. The van der Waals surface area contributed by atoms with Crippen LogP contribution in [0.2, 0.25) is 0 Å². The summed E-state index contributed by atoms with van der Waals surface area (Å²) in [5, 5.41) is 0. The fourth-order valence-electron chi connectivity index (χ4n) is 3.61. The van der Waals surface area contributed by atoms with E-state index in [0.717, 1.165) is 44.2 Å². The van der Waals surface area contributed by atoms with Crippen molar-refractivity contribution in [2.45, 2.75) is 77.5 Å². The number of aromatic nitrogens is 1. The highest BCUT2D eigenvalue weighted by molar-refractivity contribution is 5.87. The number of rotatable bonds is 3. The molecule has 2 heterocycles. The lowest BCUT2D eigenvalue weighted by Gasteiger charge is -2.37. The molecular weight excluding hydrogens is 330 g/mol. The molecule has 0 bridgehead atoms. The summed E-state index contributed by atoms with van der Waals surface area (Å²) in [7, 11) is 0. The van der Waals surface area contributed by atoms with Crippen LogP contribution >= 0.6 is 0 Å². The predicted octanol–water partition coefficient (Wildman–Crippen LogP) is 4.06. The molecule has 0 N–H and O–H groups in total. The minimum Gasteiger partial charge on any atom is -0.443 e. The van der Waals surface area contributed by atoms with Crippen molar-refractivity contribution in [3.63, 3.8) is 0 Å². The topological polar surface area (TPSA) is 62.7 Å². The molecule has 2 aliphatic rings. The molecule has 1 saturated heterocycles. The monoisotopic (exact) mass is 359 g/mol. The SMILES string of the molecule is CC(=O)N1CCC[C@H]1c1ccc(N(C(=O)OC(C)(C)C)C2CCC2)nc1. The van der Waals surface area contributed by atoms with Crippen molar-refractivity contribution in [1.82, 2.24) is 9.88 Å². The summed E-state index contributed by atoms with van der Waals surface area (Å²) >= 11 is 0. The maximum atomic E-state index is 12.7. The molecule has 26 heavy (non-hydrogen) atoms. The first-order valence-corrected chi connectivity index (χ1v) is 9.51. The first kappa shape index (κ1) is 18.7. The van der Waals surface area contributed by atoms with Crippen molar-refractivity contribution in [1.29, 1.82) is 0 Å². The Morgan fingerprint density at radius 2 is 1.92 bits per heavy atom. The summed E-state index contributed by atoms with van der Waals surface area (Å²) in [5.74, 6) is 0.724. The Morgan fingerprint density at radius 3 is 2.42 bits per heavy atom. The molecule has 1 aromatic rings. The number of hydrogen-bond donors (Lipinski definition) is 0. The average Bonchev–Trinajstić information content (AvgIpc) is 2.99. The van der Waals surface area contributed by atoms with E-state index in [1.54, 1.807) is 18.0 Å². The van der Waals surface area contributed by atoms with Crippen LogP contribution < -0.4 is 4.90 Å². The van der Waals surface area contributed by atoms with Gasteiger partial charge < -0.3 is 9.64 Å². The molecule has 1 aromatic heterocycles. The van der Waals surface area contributed by atoms with Crippen molar-refractivity contribution < 1.29 is 14.3 Å². The van der Waals surface area contributed by atoms with E-state index in [-0.39, 0.29) is 24.1 Å². The molecular formula is C20H29N3O3. The number of pyridine rings is 1. The van der Waals surface area contributed by atoms with Crippen LogP contribution in [0.1, 0.15) is 71.4 Å². The van der Waals surface area contributed by atoms with Gasteiger partial charge in [-0.3, -0.25) is 9.69 Å². The minimum absolute atomic E-state index is 0.0905. The summed E-state index contributed by atoms with van der Waals surface area (Å²) in [6.45, 7) is 8.03.